The van der Waals surface area contributed by atoms with Crippen molar-refractivity contribution >= 4 is 63.1 Å². The third-order valence-corrected chi connectivity index (χ3v) is 15.0. The molecule has 0 amide bonds. The van der Waals surface area contributed by atoms with E-state index in [-0.39, 0.29) is 24.0 Å². The minimum absolute atomic E-state index is 0.0979. The summed E-state index contributed by atoms with van der Waals surface area (Å²) >= 11 is 0. The first-order valence-electron chi connectivity index (χ1n) is 23.2. The topological polar surface area (TPSA) is 9.72 Å². The van der Waals surface area contributed by atoms with Gasteiger partial charge in [0.05, 0.1) is 6.04 Å². The van der Waals surface area contributed by atoms with Gasteiger partial charge in [-0.3, -0.25) is 0 Å². The molecule has 0 spiro atoms. The molecular formula is C59H52BN3. The molecule has 63 heavy (non-hydrogen) atoms. The monoisotopic (exact) mass is 813 g/mol. The minimum atomic E-state index is -0.0979. The lowest BCUT2D eigenvalue weighted by molar-refractivity contribution is 0.443. The van der Waals surface area contributed by atoms with Crippen molar-refractivity contribution in [3.05, 3.63) is 217 Å². The maximum absolute atomic E-state index is 2.79. The third kappa shape index (κ3) is 6.17. The number of nitrogens with zero attached hydrogens (tertiary/aromatic N) is 3. The van der Waals surface area contributed by atoms with Crippen LogP contribution in [0.3, 0.4) is 0 Å². The van der Waals surface area contributed by atoms with Crippen molar-refractivity contribution in [1.82, 2.24) is 0 Å². The van der Waals surface area contributed by atoms with Gasteiger partial charge in [-0.2, -0.15) is 0 Å². The zero-order chi connectivity index (χ0) is 42.1. The van der Waals surface area contributed by atoms with Crippen LogP contribution >= 0.6 is 0 Å². The first-order chi connectivity index (χ1) is 31.0. The molecule has 2 aliphatic heterocycles. The lowest BCUT2D eigenvalue weighted by Crippen LogP contribution is -2.61. The Hall–Kier alpha value is -6.78. The molecular weight excluding hydrogens is 761 g/mol. The maximum Gasteiger partial charge on any atom is 0.223 e. The van der Waals surface area contributed by atoms with Gasteiger partial charge < -0.3 is 14.7 Å². The Morgan fingerprint density at radius 1 is 0.508 bits per heavy atom. The van der Waals surface area contributed by atoms with Crippen LogP contribution in [0.1, 0.15) is 74.6 Å². The first kappa shape index (κ1) is 37.9. The number of hydrogen-bond acceptors (Lipinski definition) is 3. The number of hydrogen-bond donors (Lipinski definition) is 0. The highest BCUT2D eigenvalue weighted by atomic mass is 15.2. The van der Waals surface area contributed by atoms with E-state index in [1.165, 1.54) is 99.3 Å². The second-order valence-corrected chi connectivity index (χ2v) is 18.8. The van der Waals surface area contributed by atoms with E-state index in [1.807, 2.05) is 0 Å². The van der Waals surface area contributed by atoms with Gasteiger partial charge in [0.15, 0.2) is 0 Å². The summed E-state index contributed by atoms with van der Waals surface area (Å²) in [7, 11) is 0. The summed E-state index contributed by atoms with van der Waals surface area (Å²) in [5, 5.41) is 0. The van der Waals surface area contributed by atoms with Gasteiger partial charge in [0.25, 0.3) is 0 Å². The minimum Gasteiger partial charge on any atom is -0.335 e. The molecule has 306 valence electrons. The van der Waals surface area contributed by atoms with Crippen LogP contribution in [0, 0.1) is 0 Å². The van der Waals surface area contributed by atoms with Crippen molar-refractivity contribution in [2.24, 2.45) is 0 Å². The Morgan fingerprint density at radius 3 is 1.87 bits per heavy atom. The molecule has 2 unspecified atom stereocenters. The summed E-state index contributed by atoms with van der Waals surface area (Å²) in [6.45, 7) is 5.24. The third-order valence-electron chi connectivity index (χ3n) is 15.0. The molecule has 4 aliphatic rings. The van der Waals surface area contributed by atoms with E-state index in [4.69, 9.17) is 0 Å². The average Bonchev–Trinajstić information content (AvgIpc) is 3.58. The number of rotatable bonds is 7. The summed E-state index contributed by atoms with van der Waals surface area (Å²) < 4.78 is 0. The fraction of sp³-hybridized carbons (Fsp3) is 0.186. The molecule has 2 aliphatic carbocycles. The summed E-state index contributed by atoms with van der Waals surface area (Å²) in [4.78, 5) is 7.81. The Kier molecular flexibility index (Phi) is 9.18. The molecule has 2 atom stereocenters. The lowest BCUT2D eigenvalue weighted by atomic mass is 9.26. The van der Waals surface area contributed by atoms with Gasteiger partial charge in [0.1, 0.15) is 0 Å². The first-order valence-corrected chi connectivity index (χ1v) is 23.2. The Bertz CT molecular complexity index is 2920. The molecule has 8 aromatic rings. The number of fused-ring (bicyclic) bond motifs is 6. The number of benzene rings is 8. The average molecular weight is 814 g/mol. The van der Waals surface area contributed by atoms with E-state index in [9.17, 15) is 0 Å². The summed E-state index contributed by atoms with van der Waals surface area (Å²) in [5.41, 5.74) is 19.5. The van der Waals surface area contributed by atoms with Crippen LogP contribution in [-0.2, 0) is 5.41 Å². The van der Waals surface area contributed by atoms with Gasteiger partial charge in [0, 0.05) is 45.5 Å². The van der Waals surface area contributed by atoms with E-state index in [2.05, 4.69) is 229 Å². The van der Waals surface area contributed by atoms with Crippen molar-refractivity contribution in [1.29, 1.82) is 0 Å². The molecule has 8 aromatic carbocycles. The molecule has 0 aromatic heterocycles. The highest BCUT2D eigenvalue weighted by Crippen LogP contribution is 2.63. The maximum atomic E-state index is 2.79. The van der Waals surface area contributed by atoms with Crippen molar-refractivity contribution in [2.45, 2.75) is 69.1 Å². The molecule has 4 heteroatoms. The van der Waals surface area contributed by atoms with Crippen LogP contribution in [0.25, 0.3) is 11.1 Å². The standard InChI is InChI=1S/C59H52BN3/c1-59(2)51-34-16-15-33-50(51)57-58(59)60-52-35-17-18-36-53(52)62(49-32-20-31-48(40-49)61(45-26-11-5-12-27-45)46-28-13-6-14-29-46)54-38-44(42-23-9-4-10-24-42)39-55(56(54)60)63(57)47-30-19-25-43(37-47)41-21-7-3-8-22-41/h3,5-8,11-22,25-40,42,57-58H,4,9-10,23-24H2,1-2H3. The molecule has 2 heterocycles. The Morgan fingerprint density at radius 2 is 1.11 bits per heavy atom. The summed E-state index contributed by atoms with van der Waals surface area (Å²) in [6, 6.07) is 75.3. The summed E-state index contributed by atoms with van der Waals surface area (Å²) in [6.07, 6.45) is 6.39. The van der Waals surface area contributed by atoms with Gasteiger partial charge in [-0.25, -0.2) is 0 Å². The zero-order valence-corrected chi connectivity index (χ0v) is 36.2. The fourth-order valence-corrected chi connectivity index (χ4v) is 12.2. The van der Waals surface area contributed by atoms with Crippen LogP contribution in [0.5, 0.6) is 0 Å². The summed E-state index contributed by atoms with van der Waals surface area (Å²) in [5.74, 6) is 0.807. The molecule has 3 nitrogen and oxygen atoms in total. The molecule has 0 saturated heterocycles. The van der Waals surface area contributed by atoms with E-state index in [0.717, 1.165) is 17.1 Å². The van der Waals surface area contributed by atoms with Gasteiger partial charge >= 0.3 is 0 Å². The Balaban J connectivity index is 1.13. The SMILES string of the molecule is CC1(C)c2ccccc2C2C1B1c3ccccc3N(c3cccc(N(c4ccccc4)c4ccccc4)c3)c3cc(C4CCCCC4)cc(c31)N2c1cccc(-c2ccccc2)c1. The van der Waals surface area contributed by atoms with E-state index in [0.29, 0.717) is 5.92 Å². The number of para-hydroxylation sites is 3. The van der Waals surface area contributed by atoms with Crippen molar-refractivity contribution in [3.63, 3.8) is 0 Å². The molecule has 0 radical (unpaired) electrons. The smallest absolute Gasteiger partial charge is 0.223 e. The second kappa shape index (κ2) is 15.2. The van der Waals surface area contributed by atoms with Gasteiger partial charge in [-0.1, -0.05) is 161 Å². The predicted octanol–water partition coefficient (Wildman–Crippen LogP) is 14.8. The largest absolute Gasteiger partial charge is 0.335 e. The van der Waals surface area contributed by atoms with Crippen LogP contribution in [0.2, 0.25) is 5.82 Å². The van der Waals surface area contributed by atoms with Crippen LogP contribution in [-0.4, -0.2) is 6.71 Å². The van der Waals surface area contributed by atoms with Crippen molar-refractivity contribution in [3.8, 4) is 11.1 Å². The van der Waals surface area contributed by atoms with Crippen LogP contribution < -0.4 is 25.6 Å². The zero-order valence-electron chi connectivity index (χ0n) is 36.2. The fourth-order valence-electron chi connectivity index (χ4n) is 12.2. The van der Waals surface area contributed by atoms with Gasteiger partial charge in [-0.15, -0.1) is 0 Å². The quantitative estimate of drug-likeness (QED) is 0.148. The number of anilines is 8. The molecule has 0 N–H and O–H groups in total. The van der Waals surface area contributed by atoms with Gasteiger partial charge in [-0.05, 0) is 142 Å². The molecule has 0 bridgehead atoms. The van der Waals surface area contributed by atoms with E-state index < -0.39 is 0 Å². The van der Waals surface area contributed by atoms with Crippen LogP contribution in [0.15, 0.2) is 200 Å². The van der Waals surface area contributed by atoms with Crippen LogP contribution in [0.4, 0.5) is 45.5 Å². The molecule has 1 saturated carbocycles. The molecule has 1 fully saturated rings. The highest BCUT2D eigenvalue weighted by Gasteiger charge is 2.59. The Labute approximate surface area is 373 Å². The lowest BCUT2D eigenvalue weighted by Gasteiger charge is -2.52. The second-order valence-electron chi connectivity index (χ2n) is 18.8. The normalized spacial score (nSPS) is 18.3. The van der Waals surface area contributed by atoms with Crippen molar-refractivity contribution < 1.29 is 0 Å². The molecule has 12 rings (SSSR count). The van der Waals surface area contributed by atoms with Gasteiger partial charge in [0.2, 0.25) is 6.71 Å². The highest BCUT2D eigenvalue weighted by molar-refractivity contribution is 6.91. The van der Waals surface area contributed by atoms with Crippen molar-refractivity contribution in [2.75, 3.05) is 14.7 Å². The predicted molar refractivity (Wildman–Crippen MR) is 267 cm³/mol. The van der Waals surface area contributed by atoms with E-state index >= 15 is 0 Å². The van der Waals surface area contributed by atoms with E-state index in [1.54, 1.807) is 0 Å².